The van der Waals surface area contributed by atoms with E-state index in [1.165, 1.54) is 52.1 Å². The highest BCUT2D eigenvalue weighted by Crippen LogP contribution is 2.51. The molecule has 1 aromatic carbocycles. The third-order valence-corrected chi connectivity index (χ3v) is 5.89. The van der Waals surface area contributed by atoms with Gasteiger partial charge in [-0.05, 0) is 70.6 Å². The molecule has 1 heteroatoms. The Balaban J connectivity index is 2.44. The molecule has 0 saturated heterocycles. The Kier molecular flexibility index (Phi) is 2.77. The SMILES string of the molecule is C=C1CCCC2(C)C1=[N+](C)c1c(C)c(C)c(C)c(C)c12. The number of fused-ring (bicyclic) bond motifs is 3. The van der Waals surface area contributed by atoms with Gasteiger partial charge in [-0.2, -0.15) is 4.58 Å². The normalized spacial score (nSPS) is 25.0. The van der Waals surface area contributed by atoms with E-state index in [0.29, 0.717) is 0 Å². The van der Waals surface area contributed by atoms with Crippen molar-refractivity contribution in [2.45, 2.75) is 59.3 Å². The number of allylic oxidation sites excluding steroid dienone is 1. The van der Waals surface area contributed by atoms with Crippen molar-refractivity contribution in [3.8, 4) is 0 Å². The smallest absolute Gasteiger partial charge is 0.197 e. The van der Waals surface area contributed by atoms with Gasteiger partial charge in [-0.25, -0.2) is 0 Å². The second-order valence-electron chi connectivity index (χ2n) is 6.92. The van der Waals surface area contributed by atoms with E-state index in [1.54, 1.807) is 5.56 Å². The molecule has 1 aliphatic carbocycles. The Labute approximate surface area is 123 Å². The maximum Gasteiger partial charge on any atom is 0.213 e. The van der Waals surface area contributed by atoms with Crippen LogP contribution < -0.4 is 0 Å². The molecule has 1 aliphatic heterocycles. The van der Waals surface area contributed by atoms with Crippen LogP contribution in [0.1, 0.15) is 54.0 Å². The van der Waals surface area contributed by atoms with Crippen LogP contribution in [0.15, 0.2) is 12.2 Å². The number of hydrogen-bond donors (Lipinski definition) is 0. The summed E-state index contributed by atoms with van der Waals surface area (Å²) in [5, 5.41) is 0. The summed E-state index contributed by atoms with van der Waals surface area (Å²) in [6.45, 7) is 15.9. The van der Waals surface area contributed by atoms with E-state index in [0.717, 1.165) is 6.42 Å². The summed E-state index contributed by atoms with van der Waals surface area (Å²) in [5.41, 5.74) is 11.8. The van der Waals surface area contributed by atoms with Gasteiger partial charge in [0.15, 0.2) is 5.71 Å². The van der Waals surface area contributed by atoms with Crippen LogP contribution in [0.4, 0.5) is 5.69 Å². The fraction of sp³-hybridized carbons (Fsp3) is 0.526. The fourth-order valence-corrected chi connectivity index (χ4v) is 4.63. The Hall–Kier alpha value is -1.37. The molecule has 0 N–H and O–H groups in total. The molecule has 1 heterocycles. The Bertz CT molecular complexity index is 676. The topological polar surface area (TPSA) is 3.01 Å². The van der Waals surface area contributed by atoms with Crippen LogP contribution in [0, 0.1) is 27.7 Å². The van der Waals surface area contributed by atoms with Crippen LogP contribution in [-0.2, 0) is 5.41 Å². The number of hydrogen-bond acceptors (Lipinski definition) is 0. The van der Waals surface area contributed by atoms with Gasteiger partial charge in [0.2, 0.25) is 5.69 Å². The van der Waals surface area contributed by atoms with Gasteiger partial charge in [-0.15, -0.1) is 0 Å². The first-order valence-electron chi connectivity index (χ1n) is 7.71. The molecule has 1 atom stereocenters. The molecule has 0 bridgehead atoms. The molecule has 0 spiro atoms. The molecule has 1 aromatic rings. The minimum Gasteiger partial charge on any atom is -0.197 e. The molecule has 20 heavy (non-hydrogen) atoms. The largest absolute Gasteiger partial charge is 0.213 e. The standard InChI is InChI=1S/C19H26N/c1-11-9-8-10-19(6)16-14(4)12(2)13(3)15(5)17(16)20(7)18(11)19/h1,8-10H2,2-7H3/q+1. The second kappa shape index (κ2) is 4.07. The van der Waals surface area contributed by atoms with Crippen LogP contribution in [0.3, 0.4) is 0 Å². The average Bonchev–Trinajstić information content (AvgIpc) is 2.63. The fourth-order valence-electron chi connectivity index (χ4n) is 4.63. The summed E-state index contributed by atoms with van der Waals surface area (Å²) in [6, 6.07) is 0. The average molecular weight is 268 g/mol. The monoisotopic (exact) mass is 268 g/mol. The zero-order valence-corrected chi connectivity index (χ0v) is 13.8. The quantitative estimate of drug-likeness (QED) is 0.603. The van der Waals surface area contributed by atoms with Gasteiger partial charge < -0.3 is 0 Å². The van der Waals surface area contributed by atoms with Crippen molar-refractivity contribution in [3.05, 3.63) is 40.0 Å². The summed E-state index contributed by atoms with van der Waals surface area (Å²) >= 11 is 0. The number of benzene rings is 1. The lowest BCUT2D eigenvalue weighted by atomic mass is 9.67. The minimum absolute atomic E-state index is 0.173. The van der Waals surface area contributed by atoms with E-state index in [1.807, 2.05) is 0 Å². The molecule has 0 radical (unpaired) electrons. The lowest BCUT2D eigenvalue weighted by Crippen LogP contribution is -2.37. The molecule has 1 saturated carbocycles. The molecule has 1 unspecified atom stereocenters. The highest BCUT2D eigenvalue weighted by Gasteiger charge is 2.52. The molecule has 0 amide bonds. The third-order valence-electron chi connectivity index (χ3n) is 5.89. The lowest BCUT2D eigenvalue weighted by Gasteiger charge is -2.30. The van der Waals surface area contributed by atoms with Crippen LogP contribution in [0.25, 0.3) is 0 Å². The van der Waals surface area contributed by atoms with Crippen molar-refractivity contribution in [2.24, 2.45) is 0 Å². The Morgan fingerprint density at radius 2 is 1.60 bits per heavy atom. The number of rotatable bonds is 0. The molecule has 3 rings (SSSR count). The predicted octanol–water partition coefficient (Wildman–Crippen LogP) is 4.65. The van der Waals surface area contributed by atoms with Gasteiger partial charge in [0, 0.05) is 16.7 Å². The van der Waals surface area contributed by atoms with E-state index < -0.39 is 0 Å². The van der Waals surface area contributed by atoms with E-state index in [-0.39, 0.29) is 5.41 Å². The van der Waals surface area contributed by atoms with Crippen LogP contribution in [-0.4, -0.2) is 17.3 Å². The van der Waals surface area contributed by atoms with Gasteiger partial charge in [0.05, 0.1) is 5.41 Å². The van der Waals surface area contributed by atoms with E-state index in [4.69, 9.17) is 0 Å². The summed E-state index contributed by atoms with van der Waals surface area (Å²) in [5.74, 6) is 0. The van der Waals surface area contributed by atoms with E-state index in [9.17, 15) is 0 Å². The van der Waals surface area contributed by atoms with E-state index in [2.05, 4.69) is 52.8 Å². The third kappa shape index (κ3) is 1.41. The maximum atomic E-state index is 4.36. The van der Waals surface area contributed by atoms with Crippen molar-refractivity contribution < 1.29 is 4.58 Å². The van der Waals surface area contributed by atoms with Crippen molar-refractivity contribution >= 4 is 11.4 Å². The molecular formula is C19H26N+. The van der Waals surface area contributed by atoms with Crippen LogP contribution in [0.5, 0.6) is 0 Å². The van der Waals surface area contributed by atoms with Crippen LogP contribution >= 0.6 is 0 Å². The minimum atomic E-state index is 0.173. The zero-order valence-electron chi connectivity index (χ0n) is 13.8. The van der Waals surface area contributed by atoms with Crippen LogP contribution in [0.2, 0.25) is 0 Å². The summed E-state index contributed by atoms with van der Waals surface area (Å²) < 4.78 is 2.44. The molecule has 0 aromatic heterocycles. The van der Waals surface area contributed by atoms with Gasteiger partial charge >= 0.3 is 0 Å². The lowest BCUT2D eigenvalue weighted by molar-refractivity contribution is -0.403. The zero-order chi connectivity index (χ0) is 14.8. The van der Waals surface area contributed by atoms with Crippen molar-refractivity contribution in [1.29, 1.82) is 0 Å². The van der Waals surface area contributed by atoms with Gasteiger partial charge in [0.25, 0.3) is 0 Å². The van der Waals surface area contributed by atoms with Crippen molar-refractivity contribution in [3.63, 3.8) is 0 Å². The summed E-state index contributed by atoms with van der Waals surface area (Å²) in [6.07, 6.45) is 3.66. The highest BCUT2D eigenvalue weighted by molar-refractivity contribution is 6.08. The van der Waals surface area contributed by atoms with E-state index >= 15 is 0 Å². The van der Waals surface area contributed by atoms with Crippen molar-refractivity contribution in [2.75, 3.05) is 7.05 Å². The summed E-state index contributed by atoms with van der Waals surface area (Å²) in [4.78, 5) is 0. The maximum absolute atomic E-state index is 4.36. The van der Waals surface area contributed by atoms with Crippen molar-refractivity contribution in [1.82, 2.24) is 0 Å². The number of nitrogens with zero attached hydrogens (tertiary/aromatic N) is 1. The second-order valence-corrected chi connectivity index (χ2v) is 6.92. The first kappa shape index (κ1) is 13.6. The Morgan fingerprint density at radius 3 is 2.25 bits per heavy atom. The highest BCUT2D eigenvalue weighted by atomic mass is 15.0. The van der Waals surface area contributed by atoms with Gasteiger partial charge in [-0.3, -0.25) is 0 Å². The van der Waals surface area contributed by atoms with Gasteiger partial charge in [-0.1, -0.05) is 6.58 Å². The molecule has 1 nitrogen and oxygen atoms in total. The predicted molar refractivity (Wildman–Crippen MR) is 86.6 cm³/mol. The molecular weight excluding hydrogens is 242 g/mol. The first-order chi connectivity index (χ1) is 9.30. The first-order valence-corrected chi connectivity index (χ1v) is 7.71. The van der Waals surface area contributed by atoms with Gasteiger partial charge in [0.1, 0.15) is 7.05 Å². The molecule has 2 aliphatic rings. The molecule has 106 valence electrons. The summed E-state index contributed by atoms with van der Waals surface area (Å²) in [7, 11) is 2.23. The molecule has 1 fully saturated rings. The Morgan fingerprint density at radius 1 is 1.00 bits per heavy atom.